The minimum atomic E-state index is -0.880. The highest BCUT2D eigenvalue weighted by atomic mass is 79.9. The van der Waals surface area contributed by atoms with Crippen LogP contribution in [-0.2, 0) is 9.59 Å². The summed E-state index contributed by atoms with van der Waals surface area (Å²) in [4.78, 5) is 24.0. The van der Waals surface area contributed by atoms with Gasteiger partial charge in [-0.25, -0.2) is 0 Å². The Morgan fingerprint density at radius 1 is 1.24 bits per heavy atom. The van der Waals surface area contributed by atoms with E-state index in [9.17, 15) is 14.7 Å². The van der Waals surface area contributed by atoms with Crippen molar-refractivity contribution in [1.29, 1.82) is 0 Å². The second-order valence-electron chi connectivity index (χ2n) is 5.81. The molecule has 0 unspecified atom stereocenters. The molecule has 4 nitrogen and oxygen atoms in total. The van der Waals surface area contributed by atoms with Crippen molar-refractivity contribution in [3.63, 3.8) is 0 Å². The molecule has 0 aromatic heterocycles. The van der Waals surface area contributed by atoms with Gasteiger partial charge >= 0.3 is 5.97 Å². The van der Waals surface area contributed by atoms with Gasteiger partial charge in [0.2, 0.25) is 5.91 Å². The Bertz CT molecular complexity index is 640. The maximum absolute atomic E-state index is 12.5. The van der Waals surface area contributed by atoms with Crippen LogP contribution in [-0.4, -0.2) is 17.0 Å². The van der Waals surface area contributed by atoms with E-state index in [-0.39, 0.29) is 17.7 Å². The minimum Gasteiger partial charge on any atom is -0.481 e. The van der Waals surface area contributed by atoms with Crippen LogP contribution in [0.25, 0.3) is 0 Å². The normalized spacial score (nSPS) is 29.6. The number of carboxylic acids is 1. The summed E-state index contributed by atoms with van der Waals surface area (Å²) in [5.41, 5.74) is 1.77. The van der Waals surface area contributed by atoms with Crippen LogP contribution in [0.4, 0.5) is 5.69 Å². The molecule has 2 aliphatic rings. The fraction of sp³-hybridized carbons (Fsp3) is 0.375. The summed E-state index contributed by atoms with van der Waals surface area (Å²) in [6.45, 7) is 1.97. The standard InChI is InChI=1S/C16H16BrNO3/c1-8-2-5-12(11(17)6-8)18-15(19)13-9-3-4-10(7-9)14(13)16(20)21/h2-6,9-10,13-14H,7H2,1H3,(H,18,19)(H,20,21)/t9-,10-,13-,14+/m0/s1. The summed E-state index contributed by atoms with van der Waals surface area (Å²) in [5, 5.41) is 12.3. The van der Waals surface area contributed by atoms with Crippen molar-refractivity contribution < 1.29 is 14.7 Å². The maximum Gasteiger partial charge on any atom is 0.307 e. The van der Waals surface area contributed by atoms with Crippen LogP contribution in [0, 0.1) is 30.6 Å². The number of nitrogens with one attached hydrogen (secondary N) is 1. The lowest BCUT2D eigenvalue weighted by atomic mass is 9.82. The van der Waals surface area contributed by atoms with Gasteiger partial charge in [0.05, 0.1) is 17.5 Å². The van der Waals surface area contributed by atoms with Crippen LogP contribution in [0.15, 0.2) is 34.8 Å². The van der Waals surface area contributed by atoms with Crippen molar-refractivity contribution >= 4 is 33.5 Å². The molecule has 2 N–H and O–H groups in total. The third kappa shape index (κ3) is 2.50. The van der Waals surface area contributed by atoms with Gasteiger partial charge in [-0.3, -0.25) is 9.59 Å². The Kier molecular flexibility index (Phi) is 3.61. The second-order valence-corrected chi connectivity index (χ2v) is 6.67. The highest BCUT2D eigenvalue weighted by molar-refractivity contribution is 9.10. The van der Waals surface area contributed by atoms with Gasteiger partial charge in [0, 0.05) is 4.47 Å². The molecule has 2 aliphatic carbocycles. The molecule has 110 valence electrons. The van der Waals surface area contributed by atoms with E-state index in [0.717, 1.165) is 16.5 Å². The first-order chi connectivity index (χ1) is 9.97. The molecule has 4 atom stereocenters. The Hall–Kier alpha value is -1.62. The Morgan fingerprint density at radius 3 is 2.52 bits per heavy atom. The molecular weight excluding hydrogens is 334 g/mol. The molecule has 1 amide bonds. The number of anilines is 1. The molecule has 0 saturated heterocycles. The summed E-state index contributed by atoms with van der Waals surface area (Å²) >= 11 is 3.42. The van der Waals surface area contributed by atoms with Crippen LogP contribution in [0.1, 0.15) is 12.0 Å². The fourth-order valence-electron chi connectivity index (χ4n) is 3.45. The van der Waals surface area contributed by atoms with Crippen LogP contribution in [0.5, 0.6) is 0 Å². The lowest BCUT2D eigenvalue weighted by Gasteiger charge is -2.24. The molecule has 1 saturated carbocycles. The third-order valence-corrected chi connectivity index (χ3v) is 5.09. The molecule has 3 rings (SSSR count). The van der Waals surface area contributed by atoms with Crippen LogP contribution in [0.2, 0.25) is 0 Å². The monoisotopic (exact) mass is 349 g/mol. The zero-order valence-corrected chi connectivity index (χ0v) is 13.1. The summed E-state index contributed by atoms with van der Waals surface area (Å²) < 4.78 is 0.807. The predicted octanol–water partition coefficient (Wildman–Crippen LogP) is 3.22. The van der Waals surface area contributed by atoms with Gasteiger partial charge in [0.25, 0.3) is 0 Å². The van der Waals surface area contributed by atoms with Crippen molar-refractivity contribution in [2.75, 3.05) is 5.32 Å². The van der Waals surface area contributed by atoms with E-state index in [1.807, 2.05) is 37.3 Å². The fourth-order valence-corrected chi connectivity index (χ4v) is 4.05. The van der Waals surface area contributed by atoms with Gasteiger partial charge < -0.3 is 10.4 Å². The molecule has 1 aromatic carbocycles. The topological polar surface area (TPSA) is 66.4 Å². The van der Waals surface area contributed by atoms with Crippen molar-refractivity contribution in [1.82, 2.24) is 0 Å². The van der Waals surface area contributed by atoms with E-state index in [0.29, 0.717) is 5.69 Å². The van der Waals surface area contributed by atoms with Gasteiger partial charge in [-0.05, 0) is 58.8 Å². The average molecular weight is 350 g/mol. The first-order valence-electron chi connectivity index (χ1n) is 6.95. The van der Waals surface area contributed by atoms with E-state index >= 15 is 0 Å². The predicted molar refractivity (Wildman–Crippen MR) is 82.9 cm³/mol. The number of rotatable bonds is 3. The van der Waals surface area contributed by atoms with E-state index in [1.54, 1.807) is 0 Å². The summed E-state index contributed by atoms with van der Waals surface area (Å²) in [6, 6.07) is 5.66. The Morgan fingerprint density at radius 2 is 1.90 bits per heavy atom. The average Bonchev–Trinajstić information content (AvgIpc) is 3.02. The number of carboxylic acid groups (broad SMARTS) is 1. The largest absolute Gasteiger partial charge is 0.481 e. The molecule has 0 spiro atoms. The van der Waals surface area contributed by atoms with E-state index in [4.69, 9.17) is 0 Å². The van der Waals surface area contributed by atoms with Gasteiger partial charge in [0.15, 0.2) is 0 Å². The number of amides is 1. The summed E-state index contributed by atoms with van der Waals surface area (Å²) in [6.07, 6.45) is 4.69. The number of aryl methyl sites for hydroxylation is 1. The summed E-state index contributed by atoms with van der Waals surface area (Å²) in [5.74, 6) is -2.14. The zero-order chi connectivity index (χ0) is 15.1. The van der Waals surface area contributed by atoms with E-state index < -0.39 is 17.8 Å². The molecule has 1 fully saturated rings. The zero-order valence-electron chi connectivity index (χ0n) is 11.5. The first-order valence-corrected chi connectivity index (χ1v) is 7.75. The Balaban J connectivity index is 1.82. The number of fused-ring (bicyclic) bond motifs is 2. The number of benzene rings is 1. The molecule has 0 radical (unpaired) electrons. The van der Waals surface area contributed by atoms with Crippen LogP contribution >= 0.6 is 15.9 Å². The highest BCUT2D eigenvalue weighted by Crippen LogP contribution is 2.48. The van der Waals surface area contributed by atoms with Gasteiger partial charge in [-0.1, -0.05) is 18.2 Å². The molecule has 2 bridgehead atoms. The molecular formula is C16H16BrNO3. The van der Waals surface area contributed by atoms with Gasteiger partial charge in [-0.2, -0.15) is 0 Å². The van der Waals surface area contributed by atoms with E-state index in [2.05, 4.69) is 21.2 Å². The van der Waals surface area contributed by atoms with E-state index in [1.165, 1.54) is 0 Å². The van der Waals surface area contributed by atoms with Crippen molar-refractivity contribution in [2.45, 2.75) is 13.3 Å². The molecule has 1 aromatic rings. The summed E-state index contributed by atoms with van der Waals surface area (Å²) in [7, 11) is 0. The van der Waals surface area contributed by atoms with Crippen molar-refractivity contribution in [3.05, 3.63) is 40.4 Å². The number of halogens is 1. The quantitative estimate of drug-likeness (QED) is 0.823. The van der Waals surface area contributed by atoms with Gasteiger partial charge in [-0.15, -0.1) is 0 Å². The van der Waals surface area contributed by atoms with Crippen molar-refractivity contribution in [3.8, 4) is 0 Å². The van der Waals surface area contributed by atoms with Crippen LogP contribution in [0.3, 0.4) is 0 Å². The highest BCUT2D eigenvalue weighted by Gasteiger charge is 2.51. The number of carbonyl (C=O) groups is 2. The molecule has 0 heterocycles. The first kappa shape index (κ1) is 14.3. The van der Waals surface area contributed by atoms with Gasteiger partial charge in [0.1, 0.15) is 0 Å². The van der Waals surface area contributed by atoms with Crippen molar-refractivity contribution in [2.24, 2.45) is 23.7 Å². The smallest absolute Gasteiger partial charge is 0.307 e. The minimum absolute atomic E-state index is 0.00953. The Labute approximate surface area is 131 Å². The molecule has 5 heteroatoms. The number of hydrogen-bond acceptors (Lipinski definition) is 2. The molecule has 21 heavy (non-hydrogen) atoms. The second kappa shape index (κ2) is 5.30. The number of aliphatic carboxylic acids is 1. The maximum atomic E-state index is 12.5. The third-order valence-electron chi connectivity index (χ3n) is 4.43. The number of carbonyl (C=O) groups excluding carboxylic acids is 1. The van der Waals surface area contributed by atoms with Crippen LogP contribution < -0.4 is 5.32 Å². The SMILES string of the molecule is Cc1ccc(NC(=O)[C@@H]2[C@H](C(=O)O)[C@H]3C=C[C@H]2C3)c(Br)c1. The lowest BCUT2D eigenvalue weighted by molar-refractivity contribution is -0.146. The lowest BCUT2D eigenvalue weighted by Crippen LogP contribution is -2.36. The number of allylic oxidation sites excluding steroid dienone is 2. The molecule has 0 aliphatic heterocycles. The number of hydrogen-bond donors (Lipinski definition) is 2.